The van der Waals surface area contributed by atoms with Crippen LogP contribution in [0.15, 0.2) is 53.4 Å². The second kappa shape index (κ2) is 10.6. The Morgan fingerprint density at radius 3 is 2.56 bits per heavy atom. The van der Waals surface area contributed by atoms with Crippen molar-refractivity contribution in [1.82, 2.24) is 4.90 Å². The molecule has 0 radical (unpaired) electrons. The highest BCUT2D eigenvalue weighted by molar-refractivity contribution is 8.18. The Balaban J connectivity index is 1.67. The summed E-state index contributed by atoms with van der Waals surface area (Å²) < 4.78 is 23.3. The third-order valence-corrected chi connectivity index (χ3v) is 5.07. The first-order valence-electron chi connectivity index (χ1n) is 9.55. The van der Waals surface area contributed by atoms with E-state index in [1.54, 1.807) is 31.2 Å². The van der Waals surface area contributed by atoms with Gasteiger partial charge in [0.15, 0.2) is 6.61 Å². The van der Waals surface area contributed by atoms with E-state index in [9.17, 15) is 23.6 Å². The van der Waals surface area contributed by atoms with Gasteiger partial charge in [0.05, 0.1) is 11.5 Å². The summed E-state index contributed by atoms with van der Waals surface area (Å²) in [6.07, 6.45) is 1.46. The van der Waals surface area contributed by atoms with Gasteiger partial charge in [0.25, 0.3) is 17.1 Å². The Bertz CT molecular complexity index is 1070. The largest absolute Gasteiger partial charge is 0.483 e. The fraction of sp³-hybridized carbons (Fsp3) is 0.182. The van der Waals surface area contributed by atoms with E-state index >= 15 is 0 Å². The van der Waals surface area contributed by atoms with Crippen LogP contribution in [0.4, 0.5) is 14.9 Å². The van der Waals surface area contributed by atoms with Crippen LogP contribution in [0.1, 0.15) is 12.5 Å². The van der Waals surface area contributed by atoms with Crippen LogP contribution in [0.25, 0.3) is 6.08 Å². The number of nitrogens with one attached hydrogen (secondary N) is 1. The van der Waals surface area contributed by atoms with E-state index in [4.69, 9.17) is 9.47 Å². The lowest BCUT2D eigenvalue weighted by Crippen LogP contribution is -2.34. The highest BCUT2D eigenvalue weighted by atomic mass is 32.2. The summed E-state index contributed by atoms with van der Waals surface area (Å²) in [6, 6.07) is 12.0. The number of carbonyl (C=O) groups is 4. The van der Waals surface area contributed by atoms with Gasteiger partial charge in [-0.1, -0.05) is 18.2 Å². The summed E-state index contributed by atoms with van der Waals surface area (Å²) in [7, 11) is 0. The number of amides is 3. The standard InChI is InChI=1S/C22H19FN2O6S/c1-2-30-20(27)12-25-21(28)18(32-22(25)29)11-14-5-3-4-6-17(14)31-13-19(26)24-16-9-7-15(23)8-10-16/h3-11H,2,12-13H2,1H3,(H,24,26)/b18-11+. The van der Waals surface area contributed by atoms with Crippen molar-refractivity contribution in [1.29, 1.82) is 0 Å². The molecule has 0 atom stereocenters. The summed E-state index contributed by atoms with van der Waals surface area (Å²) in [6.45, 7) is 0.983. The molecule has 0 aromatic heterocycles. The molecule has 1 heterocycles. The summed E-state index contributed by atoms with van der Waals surface area (Å²) in [5, 5.41) is 2.00. The molecule has 8 nitrogen and oxygen atoms in total. The van der Waals surface area contributed by atoms with E-state index in [1.807, 2.05) is 0 Å². The Morgan fingerprint density at radius 2 is 1.84 bits per heavy atom. The molecule has 1 fully saturated rings. The number of rotatable bonds is 8. The maximum atomic E-state index is 13.0. The van der Waals surface area contributed by atoms with E-state index < -0.39 is 35.4 Å². The number of ether oxygens (including phenoxy) is 2. The number of anilines is 1. The first kappa shape index (κ1) is 23.0. The monoisotopic (exact) mass is 458 g/mol. The number of esters is 1. The smallest absolute Gasteiger partial charge is 0.326 e. The van der Waals surface area contributed by atoms with Crippen LogP contribution in [0.2, 0.25) is 0 Å². The fourth-order valence-corrected chi connectivity index (χ4v) is 3.55. The van der Waals surface area contributed by atoms with Crippen molar-refractivity contribution in [2.45, 2.75) is 6.92 Å². The van der Waals surface area contributed by atoms with E-state index in [0.29, 0.717) is 28.8 Å². The predicted octanol–water partition coefficient (Wildman–Crippen LogP) is 3.44. The van der Waals surface area contributed by atoms with Gasteiger partial charge < -0.3 is 14.8 Å². The Hall–Kier alpha value is -3.66. The number of hydrogen-bond donors (Lipinski definition) is 1. The number of imide groups is 1. The average molecular weight is 458 g/mol. The summed E-state index contributed by atoms with van der Waals surface area (Å²) in [5.74, 6) is -1.84. The van der Waals surface area contributed by atoms with Gasteiger partial charge in [0.1, 0.15) is 18.1 Å². The zero-order valence-electron chi connectivity index (χ0n) is 17.0. The first-order chi connectivity index (χ1) is 15.4. The van der Waals surface area contributed by atoms with Crippen LogP contribution >= 0.6 is 11.8 Å². The molecule has 2 aromatic carbocycles. The Labute approximate surface area is 187 Å². The lowest BCUT2D eigenvalue weighted by molar-refractivity contribution is -0.146. The van der Waals surface area contributed by atoms with E-state index in [2.05, 4.69) is 5.32 Å². The van der Waals surface area contributed by atoms with E-state index in [1.165, 1.54) is 30.3 Å². The van der Waals surface area contributed by atoms with Crippen LogP contribution in [0.3, 0.4) is 0 Å². The molecule has 1 saturated heterocycles. The number of benzene rings is 2. The summed E-state index contributed by atoms with van der Waals surface area (Å²) in [5.41, 5.74) is 0.896. The molecule has 32 heavy (non-hydrogen) atoms. The molecule has 0 unspecified atom stereocenters. The van der Waals surface area contributed by atoms with Gasteiger partial charge in [0, 0.05) is 11.3 Å². The Kier molecular flexibility index (Phi) is 7.61. The minimum absolute atomic E-state index is 0.117. The molecule has 166 valence electrons. The zero-order valence-corrected chi connectivity index (χ0v) is 17.8. The fourth-order valence-electron chi connectivity index (χ4n) is 2.72. The van der Waals surface area contributed by atoms with Crippen molar-refractivity contribution in [3.8, 4) is 5.75 Å². The van der Waals surface area contributed by atoms with E-state index in [0.717, 1.165) is 4.90 Å². The van der Waals surface area contributed by atoms with Crippen LogP contribution in [-0.2, 0) is 19.1 Å². The number of hydrogen-bond acceptors (Lipinski definition) is 7. The van der Waals surface area contributed by atoms with Crippen molar-refractivity contribution >= 4 is 46.5 Å². The molecule has 1 N–H and O–H groups in total. The van der Waals surface area contributed by atoms with Crippen LogP contribution in [-0.4, -0.2) is 47.7 Å². The van der Waals surface area contributed by atoms with E-state index in [-0.39, 0.29) is 18.1 Å². The molecule has 0 spiro atoms. The molecule has 2 aromatic rings. The Morgan fingerprint density at radius 1 is 1.12 bits per heavy atom. The number of halogens is 1. The van der Waals surface area contributed by atoms with Gasteiger partial charge in [-0.2, -0.15) is 0 Å². The van der Waals surface area contributed by atoms with Crippen molar-refractivity contribution in [2.24, 2.45) is 0 Å². The topological polar surface area (TPSA) is 102 Å². The van der Waals surface area contributed by atoms with Crippen molar-refractivity contribution < 1.29 is 33.0 Å². The van der Waals surface area contributed by atoms with Crippen molar-refractivity contribution in [3.05, 3.63) is 64.8 Å². The van der Waals surface area contributed by atoms with Crippen LogP contribution in [0.5, 0.6) is 5.75 Å². The normalized spacial score (nSPS) is 14.6. The minimum Gasteiger partial charge on any atom is -0.483 e. The summed E-state index contributed by atoms with van der Waals surface area (Å²) >= 11 is 0.698. The minimum atomic E-state index is -0.674. The SMILES string of the molecule is CCOC(=O)CN1C(=O)S/C(=C/c2ccccc2OCC(=O)Nc2ccc(F)cc2)C1=O. The number of nitrogens with zero attached hydrogens (tertiary/aromatic N) is 1. The van der Waals surface area contributed by atoms with Crippen molar-refractivity contribution in [3.63, 3.8) is 0 Å². The van der Waals surface area contributed by atoms with Gasteiger partial charge >= 0.3 is 5.97 Å². The predicted molar refractivity (Wildman–Crippen MR) is 116 cm³/mol. The third-order valence-electron chi connectivity index (χ3n) is 4.16. The van der Waals surface area contributed by atoms with Gasteiger partial charge in [0.2, 0.25) is 0 Å². The lowest BCUT2D eigenvalue weighted by Gasteiger charge is -2.11. The molecule has 0 saturated carbocycles. The second-order valence-corrected chi connectivity index (χ2v) is 7.45. The lowest BCUT2D eigenvalue weighted by atomic mass is 10.2. The first-order valence-corrected chi connectivity index (χ1v) is 10.4. The molecule has 3 rings (SSSR count). The van der Waals surface area contributed by atoms with Crippen LogP contribution in [0, 0.1) is 5.82 Å². The van der Waals surface area contributed by atoms with Gasteiger partial charge in [-0.05, 0) is 55.1 Å². The zero-order chi connectivity index (χ0) is 23.1. The van der Waals surface area contributed by atoms with Crippen LogP contribution < -0.4 is 10.1 Å². The van der Waals surface area contributed by atoms with Gasteiger partial charge in [-0.25, -0.2) is 4.39 Å². The number of carbonyl (C=O) groups excluding carboxylic acids is 4. The van der Waals surface area contributed by atoms with Gasteiger partial charge in [-0.3, -0.25) is 24.1 Å². The molecular formula is C22H19FN2O6S. The number of para-hydroxylation sites is 1. The molecule has 3 amide bonds. The average Bonchev–Trinajstić information content (AvgIpc) is 3.02. The summed E-state index contributed by atoms with van der Waals surface area (Å²) in [4.78, 5) is 49.4. The molecule has 1 aliphatic rings. The molecular weight excluding hydrogens is 439 g/mol. The highest BCUT2D eigenvalue weighted by Gasteiger charge is 2.36. The highest BCUT2D eigenvalue weighted by Crippen LogP contribution is 2.33. The molecule has 0 bridgehead atoms. The second-order valence-electron chi connectivity index (χ2n) is 6.45. The third kappa shape index (κ3) is 5.94. The maximum absolute atomic E-state index is 13.0. The van der Waals surface area contributed by atoms with Gasteiger partial charge in [-0.15, -0.1) is 0 Å². The number of thioether (sulfide) groups is 1. The molecule has 0 aliphatic carbocycles. The molecule has 10 heteroatoms. The molecule has 1 aliphatic heterocycles. The van der Waals surface area contributed by atoms with Crippen molar-refractivity contribution in [2.75, 3.05) is 25.1 Å². The maximum Gasteiger partial charge on any atom is 0.326 e. The quantitative estimate of drug-likeness (QED) is 0.478.